The van der Waals surface area contributed by atoms with Crippen molar-refractivity contribution >= 4 is 34.8 Å². The summed E-state index contributed by atoms with van der Waals surface area (Å²) < 4.78 is 0. The van der Waals surface area contributed by atoms with E-state index in [0.29, 0.717) is 22.2 Å². The van der Waals surface area contributed by atoms with Crippen LogP contribution in [0.1, 0.15) is 34.8 Å². The lowest BCUT2D eigenvalue weighted by molar-refractivity contribution is -0.918. The molecule has 0 aromatic heterocycles. The highest BCUT2D eigenvalue weighted by Crippen LogP contribution is 2.21. The maximum Gasteiger partial charge on any atom is 0.253 e. The van der Waals surface area contributed by atoms with Crippen LogP contribution in [0.5, 0.6) is 0 Å². The second-order valence-corrected chi connectivity index (χ2v) is 8.08. The van der Waals surface area contributed by atoms with Crippen molar-refractivity contribution in [1.82, 2.24) is 5.32 Å². The van der Waals surface area contributed by atoms with Crippen LogP contribution in [0.4, 0.5) is 5.69 Å². The van der Waals surface area contributed by atoms with Crippen molar-refractivity contribution < 1.29 is 9.69 Å². The predicted molar refractivity (Wildman–Crippen MR) is 112 cm³/mol. The van der Waals surface area contributed by atoms with Crippen LogP contribution in [-0.4, -0.2) is 39.6 Å². The highest BCUT2D eigenvalue weighted by molar-refractivity contribution is 6.36. The molecule has 0 aliphatic carbocycles. The number of benzene rings is 2. The molecule has 4 nitrogen and oxygen atoms in total. The third-order valence-corrected chi connectivity index (χ3v) is 5.74. The highest BCUT2D eigenvalue weighted by Gasteiger charge is 2.28. The predicted octanol–water partition coefficient (Wildman–Crippen LogP) is 3.21. The first-order valence-electron chi connectivity index (χ1n) is 9.31. The van der Waals surface area contributed by atoms with Gasteiger partial charge in [-0.05, 0) is 30.3 Å². The molecule has 2 aromatic carbocycles. The smallest absolute Gasteiger partial charge is 0.253 e. The molecule has 1 aliphatic rings. The van der Waals surface area contributed by atoms with Crippen LogP contribution in [-0.2, 0) is 0 Å². The van der Waals surface area contributed by atoms with Gasteiger partial charge in [0.2, 0.25) is 0 Å². The number of rotatable bonds is 6. The summed E-state index contributed by atoms with van der Waals surface area (Å²) in [6.07, 6.45) is 2.47. The van der Waals surface area contributed by atoms with E-state index in [9.17, 15) is 4.79 Å². The fraction of sp³-hybridized carbons (Fsp3) is 0.381. The Kier molecular flexibility index (Phi) is 6.64. The zero-order valence-corrected chi connectivity index (χ0v) is 17.3. The lowest BCUT2D eigenvalue weighted by atomic mass is 10.0. The van der Waals surface area contributed by atoms with Gasteiger partial charge in [-0.1, -0.05) is 35.3 Å². The zero-order valence-electron chi connectivity index (χ0n) is 15.8. The summed E-state index contributed by atoms with van der Waals surface area (Å²) in [5.41, 5.74) is 2.88. The maximum absolute atomic E-state index is 12.6. The summed E-state index contributed by atoms with van der Waals surface area (Å²) in [6.45, 7) is 2.85. The number of nitrogens with zero attached hydrogens (tertiary/aromatic N) is 1. The molecular formula is C21H26Cl2N3O+. The van der Waals surface area contributed by atoms with Crippen LogP contribution in [0.3, 0.4) is 0 Å². The first kappa shape index (κ1) is 20.0. The molecule has 1 fully saturated rings. The van der Waals surface area contributed by atoms with Gasteiger partial charge in [-0.3, -0.25) is 4.79 Å². The minimum Gasteiger partial charge on any atom is -0.378 e. The number of hydrogen-bond acceptors (Lipinski definition) is 2. The van der Waals surface area contributed by atoms with Crippen LogP contribution in [0.15, 0.2) is 42.5 Å². The van der Waals surface area contributed by atoms with Gasteiger partial charge in [0.25, 0.3) is 5.91 Å². The number of amides is 1. The van der Waals surface area contributed by atoms with Crippen molar-refractivity contribution in [2.24, 2.45) is 0 Å². The lowest BCUT2D eigenvalue weighted by Gasteiger charge is -2.26. The topological polar surface area (TPSA) is 36.8 Å². The van der Waals surface area contributed by atoms with Crippen molar-refractivity contribution in [3.05, 3.63) is 63.6 Å². The number of likely N-dealkylation sites (tertiary alicyclic amines) is 1. The number of nitrogens with one attached hydrogen (secondary N) is 2. The Hall–Kier alpha value is -1.75. The van der Waals surface area contributed by atoms with E-state index >= 15 is 0 Å². The van der Waals surface area contributed by atoms with Gasteiger partial charge in [0.15, 0.2) is 0 Å². The quantitative estimate of drug-likeness (QED) is 0.772. The molecule has 1 atom stereocenters. The second-order valence-electron chi connectivity index (χ2n) is 7.24. The fourth-order valence-corrected chi connectivity index (χ4v) is 4.14. The Morgan fingerprint density at radius 3 is 2.37 bits per heavy atom. The number of hydrogen-bond donors (Lipinski definition) is 2. The second kappa shape index (κ2) is 8.96. The van der Waals surface area contributed by atoms with E-state index in [1.165, 1.54) is 29.0 Å². The van der Waals surface area contributed by atoms with E-state index in [-0.39, 0.29) is 11.9 Å². The molecule has 1 heterocycles. The number of halogens is 2. The van der Waals surface area contributed by atoms with Gasteiger partial charge < -0.3 is 15.1 Å². The Bertz CT molecular complexity index is 787. The van der Waals surface area contributed by atoms with Crippen molar-refractivity contribution in [1.29, 1.82) is 0 Å². The molecule has 144 valence electrons. The van der Waals surface area contributed by atoms with Gasteiger partial charge in [-0.25, -0.2) is 0 Å². The average Bonchev–Trinajstić information content (AvgIpc) is 3.16. The first-order valence-corrected chi connectivity index (χ1v) is 10.1. The van der Waals surface area contributed by atoms with Gasteiger partial charge >= 0.3 is 0 Å². The summed E-state index contributed by atoms with van der Waals surface area (Å²) in [6, 6.07) is 13.8. The van der Waals surface area contributed by atoms with E-state index in [2.05, 4.69) is 34.5 Å². The first-order chi connectivity index (χ1) is 13.0. The Morgan fingerprint density at radius 1 is 1.11 bits per heavy atom. The monoisotopic (exact) mass is 406 g/mol. The molecule has 6 heteroatoms. The summed E-state index contributed by atoms with van der Waals surface area (Å²) in [4.78, 5) is 16.2. The molecule has 0 bridgehead atoms. The standard InChI is InChI=1S/C21H25Cl2N3O/c1-25(2)17-8-5-15(6-9-17)20(26-11-3-4-12-26)14-24-21(27)18-10-7-16(22)13-19(18)23/h5-10,13,20H,3-4,11-12,14H2,1-2H3,(H,24,27)/p+1/t20-/m0/s1. The van der Waals surface area contributed by atoms with E-state index in [1.54, 1.807) is 18.2 Å². The SMILES string of the molecule is CN(C)c1ccc([C@H](CNC(=O)c2ccc(Cl)cc2Cl)[NH+]2CCCC2)cc1. The Morgan fingerprint density at radius 2 is 1.78 bits per heavy atom. The third kappa shape index (κ3) is 4.95. The molecule has 3 rings (SSSR count). The van der Waals surface area contributed by atoms with E-state index in [4.69, 9.17) is 23.2 Å². The van der Waals surface area contributed by atoms with Gasteiger partial charge in [-0.15, -0.1) is 0 Å². The maximum atomic E-state index is 12.6. The van der Waals surface area contributed by atoms with Crippen molar-refractivity contribution in [3.63, 3.8) is 0 Å². The van der Waals surface area contributed by atoms with E-state index < -0.39 is 0 Å². The minimum atomic E-state index is -0.162. The summed E-state index contributed by atoms with van der Waals surface area (Å²) >= 11 is 12.1. The molecule has 0 radical (unpaired) electrons. The van der Waals surface area contributed by atoms with Crippen molar-refractivity contribution in [2.75, 3.05) is 38.6 Å². The van der Waals surface area contributed by atoms with Crippen molar-refractivity contribution in [3.8, 4) is 0 Å². The van der Waals surface area contributed by atoms with Gasteiger partial charge in [-0.2, -0.15) is 0 Å². The van der Waals surface area contributed by atoms with Crippen LogP contribution >= 0.6 is 23.2 Å². The molecule has 27 heavy (non-hydrogen) atoms. The molecule has 2 aromatic rings. The van der Waals surface area contributed by atoms with E-state index in [1.807, 2.05) is 14.1 Å². The van der Waals surface area contributed by atoms with Crippen LogP contribution < -0.4 is 15.1 Å². The van der Waals surface area contributed by atoms with Crippen LogP contribution in [0.2, 0.25) is 10.0 Å². The van der Waals surface area contributed by atoms with E-state index in [0.717, 1.165) is 13.1 Å². The molecule has 2 N–H and O–H groups in total. The summed E-state index contributed by atoms with van der Waals surface area (Å²) in [5.74, 6) is -0.162. The number of anilines is 1. The number of carbonyl (C=O) groups excluding carboxylic acids is 1. The largest absolute Gasteiger partial charge is 0.378 e. The van der Waals surface area contributed by atoms with Gasteiger partial charge in [0.05, 0.1) is 30.2 Å². The molecule has 0 spiro atoms. The molecule has 1 aliphatic heterocycles. The molecular weight excluding hydrogens is 381 g/mol. The lowest BCUT2D eigenvalue weighted by Crippen LogP contribution is -3.11. The summed E-state index contributed by atoms with van der Waals surface area (Å²) in [5, 5.41) is 3.97. The van der Waals surface area contributed by atoms with Crippen LogP contribution in [0, 0.1) is 0 Å². The van der Waals surface area contributed by atoms with Gasteiger partial charge in [0.1, 0.15) is 6.04 Å². The minimum absolute atomic E-state index is 0.162. The molecule has 1 amide bonds. The van der Waals surface area contributed by atoms with Crippen LogP contribution in [0.25, 0.3) is 0 Å². The Balaban J connectivity index is 1.74. The highest BCUT2D eigenvalue weighted by atomic mass is 35.5. The normalized spacial score (nSPS) is 15.6. The Labute approximate surface area is 171 Å². The number of quaternary nitrogens is 1. The average molecular weight is 407 g/mol. The molecule has 0 saturated carbocycles. The summed E-state index contributed by atoms with van der Waals surface area (Å²) in [7, 11) is 4.07. The van der Waals surface area contributed by atoms with Crippen molar-refractivity contribution in [2.45, 2.75) is 18.9 Å². The fourth-order valence-electron chi connectivity index (χ4n) is 3.64. The molecule has 0 unspecified atom stereocenters. The molecule has 1 saturated heterocycles. The third-order valence-electron chi connectivity index (χ3n) is 5.19. The zero-order chi connectivity index (χ0) is 19.4. The van der Waals surface area contributed by atoms with Gasteiger partial charge in [0, 0.05) is 43.2 Å². The number of carbonyl (C=O) groups is 1.